The van der Waals surface area contributed by atoms with Gasteiger partial charge in [0.25, 0.3) is 5.92 Å². The maximum absolute atomic E-state index is 13.9. The van der Waals surface area contributed by atoms with E-state index in [1.807, 2.05) is 0 Å². The molecular formula is C19H19F2N5O2. The topological polar surface area (TPSA) is 81.9 Å². The molecule has 0 atom stereocenters. The molecule has 1 aliphatic rings. The fraction of sp³-hybridized carbons (Fsp3) is 0.368. The number of halogens is 2. The van der Waals surface area contributed by atoms with E-state index in [0.29, 0.717) is 17.3 Å². The molecule has 3 aromatic rings. The summed E-state index contributed by atoms with van der Waals surface area (Å²) in [7, 11) is 1.41. The Morgan fingerprint density at radius 3 is 2.68 bits per heavy atom. The maximum Gasteiger partial charge on any atom is 0.287 e. The van der Waals surface area contributed by atoms with Crippen molar-refractivity contribution in [1.29, 1.82) is 0 Å². The van der Waals surface area contributed by atoms with Crippen LogP contribution in [0.25, 0.3) is 16.7 Å². The third-order valence-corrected chi connectivity index (χ3v) is 4.55. The number of carbonyl (C=O) groups excluding carboxylic acids is 1. The normalized spacial score (nSPS) is 14.3. The second-order valence-electron chi connectivity index (χ2n) is 6.98. The first-order valence-electron chi connectivity index (χ1n) is 8.87. The van der Waals surface area contributed by atoms with E-state index in [-0.39, 0.29) is 17.5 Å². The summed E-state index contributed by atoms with van der Waals surface area (Å²) in [6.45, 7) is 2.17. The van der Waals surface area contributed by atoms with Gasteiger partial charge in [-0.15, -0.1) is 0 Å². The van der Waals surface area contributed by atoms with Crippen molar-refractivity contribution in [3.05, 3.63) is 35.8 Å². The minimum Gasteiger partial charge on any atom is -0.497 e. The predicted molar refractivity (Wildman–Crippen MR) is 99.1 cm³/mol. The number of alkyl halides is 2. The van der Waals surface area contributed by atoms with Crippen molar-refractivity contribution in [1.82, 2.24) is 19.7 Å². The highest BCUT2D eigenvalue weighted by molar-refractivity contribution is 5.91. The predicted octanol–water partition coefficient (Wildman–Crippen LogP) is 3.77. The minimum atomic E-state index is -3.13. The summed E-state index contributed by atoms with van der Waals surface area (Å²) < 4.78 is 34.5. The lowest BCUT2D eigenvalue weighted by Gasteiger charge is -2.13. The summed E-state index contributed by atoms with van der Waals surface area (Å²) in [5, 5.41) is 8.08. The number of fused-ring (bicyclic) bond motifs is 1. The number of nitrogens with zero attached hydrogens (tertiary/aromatic N) is 4. The number of nitrogens with one attached hydrogen (secondary N) is 1. The van der Waals surface area contributed by atoms with Crippen molar-refractivity contribution < 1.29 is 18.3 Å². The average molecular weight is 387 g/mol. The zero-order chi connectivity index (χ0) is 20.1. The van der Waals surface area contributed by atoms with Gasteiger partial charge in [0.2, 0.25) is 5.91 Å². The summed E-state index contributed by atoms with van der Waals surface area (Å²) in [5.41, 5.74) is 1.08. The third kappa shape index (κ3) is 3.39. The number of carbonyl (C=O) groups is 1. The Hall–Kier alpha value is -3.10. The monoisotopic (exact) mass is 387 g/mol. The highest BCUT2D eigenvalue weighted by atomic mass is 19.3. The van der Waals surface area contributed by atoms with Crippen LogP contribution in [-0.2, 0) is 10.7 Å². The Morgan fingerprint density at radius 2 is 2.07 bits per heavy atom. The lowest BCUT2D eigenvalue weighted by molar-refractivity contribution is -0.114. The Kier molecular flexibility index (Phi) is 4.24. The van der Waals surface area contributed by atoms with Crippen molar-refractivity contribution in [3.8, 4) is 11.6 Å². The van der Waals surface area contributed by atoms with Crippen molar-refractivity contribution >= 4 is 22.6 Å². The van der Waals surface area contributed by atoms with E-state index in [1.54, 1.807) is 18.3 Å². The van der Waals surface area contributed by atoms with E-state index in [4.69, 9.17) is 4.74 Å². The van der Waals surface area contributed by atoms with Crippen LogP contribution in [0.2, 0.25) is 0 Å². The molecule has 9 heteroatoms. The first-order chi connectivity index (χ1) is 13.3. The van der Waals surface area contributed by atoms with E-state index in [2.05, 4.69) is 20.4 Å². The SMILES string of the molecule is COc1cc(-n2nc(C3CC3)c3cnc(NC(C)=O)cc32)nc(C(C)(F)F)c1. The van der Waals surface area contributed by atoms with E-state index < -0.39 is 11.6 Å². The number of rotatable bonds is 5. The molecule has 146 valence electrons. The van der Waals surface area contributed by atoms with Crippen LogP contribution in [-0.4, -0.2) is 32.8 Å². The van der Waals surface area contributed by atoms with E-state index >= 15 is 0 Å². The fourth-order valence-corrected chi connectivity index (χ4v) is 3.06. The first kappa shape index (κ1) is 18.3. The number of aromatic nitrogens is 4. The molecule has 1 saturated carbocycles. The average Bonchev–Trinajstić information content (AvgIpc) is 3.41. The molecule has 1 fully saturated rings. The summed E-state index contributed by atoms with van der Waals surface area (Å²) >= 11 is 0. The molecule has 0 aliphatic heterocycles. The molecule has 0 saturated heterocycles. The van der Waals surface area contributed by atoms with Crippen LogP contribution in [0.5, 0.6) is 5.75 Å². The largest absolute Gasteiger partial charge is 0.497 e. The molecule has 1 N–H and O–H groups in total. The lowest BCUT2D eigenvalue weighted by Crippen LogP contribution is -2.13. The molecule has 0 aromatic carbocycles. The molecule has 0 radical (unpaired) electrons. The van der Waals surface area contributed by atoms with Gasteiger partial charge < -0.3 is 10.1 Å². The fourth-order valence-electron chi connectivity index (χ4n) is 3.06. The summed E-state index contributed by atoms with van der Waals surface area (Å²) in [4.78, 5) is 19.8. The van der Waals surface area contributed by atoms with Crippen molar-refractivity contribution in [2.75, 3.05) is 12.4 Å². The lowest BCUT2D eigenvalue weighted by atomic mass is 10.2. The van der Waals surface area contributed by atoms with Crippen LogP contribution < -0.4 is 10.1 Å². The second kappa shape index (κ2) is 6.50. The molecule has 28 heavy (non-hydrogen) atoms. The minimum absolute atomic E-state index is 0.216. The number of hydrogen-bond acceptors (Lipinski definition) is 5. The molecular weight excluding hydrogens is 368 g/mol. The van der Waals surface area contributed by atoms with Gasteiger partial charge in [-0.25, -0.2) is 14.6 Å². The van der Waals surface area contributed by atoms with Gasteiger partial charge in [0.05, 0.1) is 18.3 Å². The Bertz CT molecular complexity index is 1070. The van der Waals surface area contributed by atoms with E-state index in [1.165, 1.54) is 24.8 Å². The molecule has 1 amide bonds. The van der Waals surface area contributed by atoms with Gasteiger partial charge in [0.15, 0.2) is 5.82 Å². The molecule has 3 aromatic heterocycles. The summed E-state index contributed by atoms with van der Waals surface area (Å²) in [6.07, 6.45) is 3.68. The van der Waals surface area contributed by atoms with Gasteiger partial charge in [0, 0.05) is 49.5 Å². The highest BCUT2D eigenvalue weighted by Crippen LogP contribution is 2.43. The van der Waals surface area contributed by atoms with Crippen LogP contribution >= 0.6 is 0 Å². The number of ether oxygens (including phenoxy) is 1. The molecule has 3 heterocycles. The molecule has 0 unspecified atom stereocenters. The first-order valence-corrected chi connectivity index (χ1v) is 8.87. The third-order valence-electron chi connectivity index (χ3n) is 4.55. The number of amides is 1. The smallest absolute Gasteiger partial charge is 0.287 e. The van der Waals surface area contributed by atoms with Crippen LogP contribution in [0.3, 0.4) is 0 Å². The van der Waals surface area contributed by atoms with Crippen LogP contribution in [0.4, 0.5) is 14.6 Å². The Labute approximate surface area is 159 Å². The summed E-state index contributed by atoms with van der Waals surface area (Å²) in [6, 6.07) is 4.43. The Balaban J connectivity index is 1.93. The standard InChI is InChI=1S/C19H19F2N5O2/c1-10(27)23-16-8-14-13(9-22-16)18(11-4-5-11)25-26(14)17-7-12(28-3)6-15(24-17)19(2,20)21/h6-9,11H,4-5H2,1-3H3,(H,22,23,27). The van der Waals surface area contributed by atoms with Gasteiger partial charge in [0.1, 0.15) is 17.3 Å². The van der Waals surface area contributed by atoms with Gasteiger partial charge in [-0.2, -0.15) is 13.9 Å². The highest BCUT2D eigenvalue weighted by Gasteiger charge is 2.31. The molecule has 0 bridgehead atoms. The maximum atomic E-state index is 13.9. The number of methoxy groups -OCH3 is 1. The molecule has 0 spiro atoms. The quantitative estimate of drug-likeness (QED) is 0.721. The molecule has 4 rings (SSSR count). The number of anilines is 1. The Morgan fingerprint density at radius 1 is 1.32 bits per heavy atom. The molecule has 1 aliphatic carbocycles. The van der Waals surface area contributed by atoms with Crippen LogP contribution in [0.1, 0.15) is 44.0 Å². The molecule has 7 nitrogen and oxygen atoms in total. The van der Waals surface area contributed by atoms with Crippen LogP contribution in [0, 0.1) is 0 Å². The van der Waals surface area contributed by atoms with Gasteiger partial charge >= 0.3 is 0 Å². The zero-order valence-electron chi connectivity index (χ0n) is 15.7. The van der Waals surface area contributed by atoms with Gasteiger partial charge in [-0.3, -0.25) is 4.79 Å². The second-order valence-corrected chi connectivity index (χ2v) is 6.98. The van der Waals surface area contributed by atoms with Gasteiger partial charge in [-0.1, -0.05) is 0 Å². The number of pyridine rings is 2. The van der Waals surface area contributed by atoms with Gasteiger partial charge in [-0.05, 0) is 12.8 Å². The summed E-state index contributed by atoms with van der Waals surface area (Å²) in [5.74, 6) is -2.24. The van der Waals surface area contributed by atoms with Crippen molar-refractivity contribution in [2.45, 2.75) is 38.5 Å². The van der Waals surface area contributed by atoms with E-state index in [9.17, 15) is 13.6 Å². The van der Waals surface area contributed by atoms with Crippen molar-refractivity contribution in [2.24, 2.45) is 0 Å². The van der Waals surface area contributed by atoms with Crippen molar-refractivity contribution in [3.63, 3.8) is 0 Å². The number of hydrogen-bond donors (Lipinski definition) is 1. The van der Waals surface area contributed by atoms with E-state index in [0.717, 1.165) is 30.8 Å². The zero-order valence-corrected chi connectivity index (χ0v) is 15.7. The van der Waals surface area contributed by atoms with Crippen LogP contribution in [0.15, 0.2) is 24.4 Å².